The predicted octanol–water partition coefficient (Wildman–Crippen LogP) is 0.187. The van der Waals surface area contributed by atoms with Crippen molar-refractivity contribution in [3.05, 3.63) is 24.0 Å². The second kappa shape index (κ2) is 4.38. The number of hydrogen-bond donors (Lipinski definition) is 2. The molecule has 0 saturated carbocycles. The highest BCUT2D eigenvalue weighted by atomic mass is 16.5. The molecule has 90 valence electrons. The number of carbonyl (C=O) groups is 1. The van der Waals surface area contributed by atoms with Crippen LogP contribution in [0, 0.1) is 0 Å². The molecule has 17 heavy (non-hydrogen) atoms. The third-order valence-electron chi connectivity index (χ3n) is 1.99. The van der Waals surface area contributed by atoms with E-state index >= 15 is 0 Å². The molecule has 2 N–H and O–H groups in total. The number of aromatic nitrogens is 3. The van der Waals surface area contributed by atoms with Crippen LogP contribution in [-0.2, 0) is 0 Å². The molecular formula is C10H11N3O4. The van der Waals surface area contributed by atoms with E-state index in [-0.39, 0.29) is 12.3 Å². The minimum atomic E-state index is -1.11. The Morgan fingerprint density at radius 1 is 1.59 bits per heavy atom. The third-order valence-corrected chi connectivity index (χ3v) is 1.99. The van der Waals surface area contributed by atoms with Crippen LogP contribution in [-0.4, -0.2) is 43.5 Å². The molecule has 0 aliphatic carbocycles. The Morgan fingerprint density at radius 3 is 3.00 bits per heavy atom. The van der Waals surface area contributed by atoms with E-state index in [4.69, 9.17) is 14.9 Å². The van der Waals surface area contributed by atoms with Crippen LogP contribution in [0.1, 0.15) is 17.4 Å². The molecule has 0 amide bonds. The standard InChI is InChI=1S/C10H11N3O4/c1-6(14)5-17-9-3-2-8-11-7(10(15)16)4-13(8)12-9/h2-4,6,14H,5H2,1H3,(H,15,16)/t6-/m1/s1. The van der Waals surface area contributed by atoms with Crippen molar-refractivity contribution in [1.82, 2.24) is 14.6 Å². The number of aliphatic hydroxyl groups excluding tert-OH is 1. The number of aliphatic hydroxyl groups is 1. The number of carboxylic acid groups (broad SMARTS) is 1. The monoisotopic (exact) mass is 237 g/mol. The van der Waals surface area contributed by atoms with Crippen molar-refractivity contribution >= 4 is 11.6 Å². The molecule has 0 unspecified atom stereocenters. The highest BCUT2D eigenvalue weighted by Gasteiger charge is 2.10. The molecule has 2 aromatic heterocycles. The first kappa shape index (κ1) is 11.3. The lowest BCUT2D eigenvalue weighted by Crippen LogP contribution is -2.13. The summed E-state index contributed by atoms with van der Waals surface area (Å²) in [4.78, 5) is 14.5. The highest BCUT2D eigenvalue weighted by molar-refractivity contribution is 5.85. The van der Waals surface area contributed by atoms with Crippen molar-refractivity contribution in [2.45, 2.75) is 13.0 Å². The quantitative estimate of drug-likeness (QED) is 0.787. The minimum absolute atomic E-state index is 0.0785. The summed E-state index contributed by atoms with van der Waals surface area (Å²) in [6.45, 7) is 1.72. The van der Waals surface area contributed by atoms with E-state index < -0.39 is 12.1 Å². The lowest BCUT2D eigenvalue weighted by Gasteiger charge is -2.06. The Labute approximate surface area is 96.3 Å². The number of ether oxygens (including phenoxy) is 1. The summed E-state index contributed by atoms with van der Waals surface area (Å²) in [6, 6.07) is 3.16. The number of hydrogen-bond acceptors (Lipinski definition) is 5. The summed E-state index contributed by atoms with van der Waals surface area (Å²) in [6.07, 6.45) is 0.706. The van der Waals surface area contributed by atoms with Crippen LogP contribution in [0.4, 0.5) is 0 Å². The summed E-state index contributed by atoms with van der Waals surface area (Å²) in [5.41, 5.74) is 0.344. The van der Waals surface area contributed by atoms with E-state index in [1.807, 2.05) is 0 Å². The summed E-state index contributed by atoms with van der Waals surface area (Å²) >= 11 is 0. The topological polar surface area (TPSA) is 97.0 Å². The summed E-state index contributed by atoms with van der Waals surface area (Å²) < 4.78 is 6.51. The zero-order valence-electron chi connectivity index (χ0n) is 9.07. The van der Waals surface area contributed by atoms with Crippen LogP contribution in [0.2, 0.25) is 0 Å². The van der Waals surface area contributed by atoms with Gasteiger partial charge in [-0.05, 0) is 13.0 Å². The first-order valence-corrected chi connectivity index (χ1v) is 4.97. The van der Waals surface area contributed by atoms with Crippen LogP contribution in [0.3, 0.4) is 0 Å². The largest absolute Gasteiger partial charge is 0.476 e. The Balaban J connectivity index is 2.27. The predicted molar refractivity (Wildman–Crippen MR) is 57.1 cm³/mol. The maximum absolute atomic E-state index is 10.7. The lowest BCUT2D eigenvalue weighted by molar-refractivity contribution is 0.0691. The zero-order chi connectivity index (χ0) is 12.4. The molecule has 0 saturated heterocycles. The number of nitrogens with zero attached hydrogens (tertiary/aromatic N) is 3. The van der Waals surface area contributed by atoms with Crippen LogP contribution >= 0.6 is 0 Å². The van der Waals surface area contributed by atoms with Crippen LogP contribution in [0.25, 0.3) is 5.65 Å². The van der Waals surface area contributed by atoms with E-state index in [2.05, 4.69) is 10.1 Å². The van der Waals surface area contributed by atoms with Gasteiger partial charge in [0.15, 0.2) is 11.3 Å². The van der Waals surface area contributed by atoms with E-state index in [1.54, 1.807) is 19.1 Å². The maximum atomic E-state index is 10.7. The van der Waals surface area contributed by atoms with Gasteiger partial charge in [0.05, 0.1) is 12.3 Å². The van der Waals surface area contributed by atoms with Gasteiger partial charge in [-0.3, -0.25) is 0 Å². The van der Waals surface area contributed by atoms with Gasteiger partial charge in [0.1, 0.15) is 6.61 Å². The number of carboxylic acids is 1. The SMILES string of the molecule is C[C@@H](O)COc1ccc2nc(C(=O)O)cn2n1. The summed E-state index contributed by atoms with van der Waals surface area (Å²) in [5.74, 6) is -0.810. The Kier molecular flexibility index (Phi) is 2.92. The second-order valence-electron chi connectivity index (χ2n) is 3.57. The van der Waals surface area contributed by atoms with Crippen molar-refractivity contribution in [2.24, 2.45) is 0 Å². The average Bonchev–Trinajstić information content (AvgIpc) is 2.69. The van der Waals surface area contributed by atoms with Gasteiger partial charge in [0, 0.05) is 6.07 Å². The fourth-order valence-electron chi connectivity index (χ4n) is 1.25. The van der Waals surface area contributed by atoms with Crippen molar-refractivity contribution < 1.29 is 19.7 Å². The third kappa shape index (κ3) is 2.51. The van der Waals surface area contributed by atoms with Crippen molar-refractivity contribution in [3.63, 3.8) is 0 Å². The Morgan fingerprint density at radius 2 is 2.35 bits per heavy atom. The van der Waals surface area contributed by atoms with E-state index in [0.29, 0.717) is 11.5 Å². The van der Waals surface area contributed by atoms with Gasteiger partial charge in [0.2, 0.25) is 5.88 Å². The molecule has 0 aliphatic heterocycles. The van der Waals surface area contributed by atoms with Crippen molar-refractivity contribution in [3.8, 4) is 5.88 Å². The maximum Gasteiger partial charge on any atom is 0.356 e. The number of rotatable bonds is 4. The van der Waals surface area contributed by atoms with E-state index in [9.17, 15) is 4.79 Å². The lowest BCUT2D eigenvalue weighted by atomic mass is 10.4. The van der Waals surface area contributed by atoms with Crippen LogP contribution in [0.5, 0.6) is 5.88 Å². The zero-order valence-corrected chi connectivity index (χ0v) is 9.07. The number of fused-ring (bicyclic) bond motifs is 1. The molecule has 0 radical (unpaired) electrons. The molecule has 0 fully saturated rings. The van der Waals surface area contributed by atoms with Gasteiger partial charge in [-0.15, -0.1) is 5.10 Å². The van der Waals surface area contributed by atoms with E-state index in [1.165, 1.54) is 10.7 Å². The second-order valence-corrected chi connectivity index (χ2v) is 3.57. The molecule has 1 atom stereocenters. The van der Waals surface area contributed by atoms with Crippen LogP contribution < -0.4 is 4.74 Å². The summed E-state index contributed by atoms with van der Waals surface area (Å²) in [7, 11) is 0. The normalized spacial score (nSPS) is 12.6. The first-order valence-electron chi connectivity index (χ1n) is 4.97. The molecule has 2 rings (SSSR count). The van der Waals surface area contributed by atoms with Gasteiger partial charge in [0.25, 0.3) is 0 Å². The van der Waals surface area contributed by atoms with Crippen LogP contribution in [0.15, 0.2) is 18.3 Å². The molecule has 7 nitrogen and oxygen atoms in total. The number of imidazole rings is 1. The molecule has 0 bridgehead atoms. The molecule has 2 aromatic rings. The summed E-state index contributed by atoms with van der Waals surface area (Å²) in [5, 5.41) is 21.8. The fourth-order valence-corrected chi connectivity index (χ4v) is 1.25. The Hall–Kier alpha value is -2.15. The molecular weight excluding hydrogens is 226 g/mol. The average molecular weight is 237 g/mol. The van der Waals surface area contributed by atoms with Gasteiger partial charge in [-0.1, -0.05) is 0 Å². The molecule has 0 spiro atoms. The van der Waals surface area contributed by atoms with Gasteiger partial charge >= 0.3 is 5.97 Å². The van der Waals surface area contributed by atoms with E-state index in [0.717, 1.165) is 0 Å². The molecule has 0 aliphatic rings. The molecule has 7 heteroatoms. The molecule has 2 heterocycles. The minimum Gasteiger partial charge on any atom is -0.476 e. The Bertz CT molecular complexity index is 549. The van der Waals surface area contributed by atoms with Gasteiger partial charge in [-0.2, -0.15) is 0 Å². The first-order chi connectivity index (χ1) is 8.06. The van der Waals surface area contributed by atoms with Crippen molar-refractivity contribution in [1.29, 1.82) is 0 Å². The fraction of sp³-hybridized carbons (Fsp3) is 0.300. The smallest absolute Gasteiger partial charge is 0.356 e. The molecule has 0 aromatic carbocycles. The highest BCUT2D eigenvalue weighted by Crippen LogP contribution is 2.10. The number of aromatic carboxylic acids is 1. The van der Waals surface area contributed by atoms with Gasteiger partial charge in [-0.25, -0.2) is 14.3 Å². The van der Waals surface area contributed by atoms with Gasteiger partial charge < -0.3 is 14.9 Å². The van der Waals surface area contributed by atoms with Crippen molar-refractivity contribution in [2.75, 3.05) is 6.61 Å².